The van der Waals surface area contributed by atoms with Gasteiger partial charge in [0.05, 0.1) is 19.3 Å². The number of ketones is 2. The molecule has 2 heterocycles. The smallest absolute Gasteiger partial charge is 0.291 e. The van der Waals surface area contributed by atoms with Crippen molar-refractivity contribution in [3.63, 3.8) is 0 Å². The highest BCUT2D eigenvalue weighted by Gasteiger charge is 2.51. The van der Waals surface area contributed by atoms with Crippen LogP contribution >= 0.6 is 0 Å². The van der Waals surface area contributed by atoms with E-state index >= 15 is 0 Å². The molecule has 0 saturated carbocycles. The van der Waals surface area contributed by atoms with E-state index in [2.05, 4.69) is 4.90 Å². The molecule has 0 bridgehead atoms. The van der Waals surface area contributed by atoms with Crippen LogP contribution < -0.4 is 4.90 Å². The van der Waals surface area contributed by atoms with Crippen molar-refractivity contribution in [2.75, 3.05) is 58.4 Å². The number of morpholine rings is 1. The van der Waals surface area contributed by atoms with Crippen molar-refractivity contribution in [2.24, 2.45) is 5.92 Å². The number of carbonyl (C=O) groups is 3. The van der Waals surface area contributed by atoms with E-state index in [4.69, 9.17) is 4.74 Å². The molecule has 2 aromatic carbocycles. The Bertz CT molecular complexity index is 968. The Morgan fingerprint density at radius 1 is 0.969 bits per heavy atom. The highest BCUT2D eigenvalue weighted by atomic mass is 16.5. The summed E-state index contributed by atoms with van der Waals surface area (Å²) in [6.07, 6.45) is 0. The number of Topliss-reactive ketones (excluding diaryl/α,β-unsaturated/α-hetero) is 2. The lowest BCUT2D eigenvalue weighted by atomic mass is 9.86. The van der Waals surface area contributed by atoms with Gasteiger partial charge in [-0.05, 0) is 17.7 Å². The van der Waals surface area contributed by atoms with Crippen LogP contribution in [0.4, 0.5) is 5.69 Å². The average Bonchev–Trinajstić information content (AvgIpc) is 3.08. The fraction of sp³-hybridized carbons (Fsp3) is 0.400. The van der Waals surface area contributed by atoms with E-state index < -0.39 is 23.7 Å². The van der Waals surface area contributed by atoms with Gasteiger partial charge in [-0.3, -0.25) is 19.3 Å². The topological polar surface area (TPSA) is 70.2 Å². The van der Waals surface area contributed by atoms with Crippen LogP contribution in [0, 0.1) is 5.92 Å². The van der Waals surface area contributed by atoms with Crippen LogP contribution in [0.25, 0.3) is 0 Å². The molecule has 0 spiro atoms. The van der Waals surface area contributed by atoms with Crippen LogP contribution in [0.15, 0.2) is 54.6 Å². The molecule has 0 aliphatic carbocycles. The number of likely N-dealkylation sites (tertiary alicyclic amines) is 1. The number of anilines is 1. The largest absolute Gasteiger partial charge is 0.379 e. The van der Waals surface area contributed by atoms with Crippen molar-refractivity contribution in [3.05, 3.63) is 65.7 Å². The zero-order chi connectivity index (χ0) is 22.7. The summed E-state index contributed by atoms with van der Waals surface area (Å²) in [5.41, 5.74) is 2.25. The van der Waals surface area contributed by atoms with Crippen molar-refractivity contribution in [1.82, 2.24) is 9.80 Å². The molecule has 4 rings (SSSR count). The molecule has 32 heavy (non-hydrogen) atoms. The SMILES string of the molecule is CN(C)c1ccc(C2C(C(=O)c3ccccc3)C(=O)C(=O)N2CCN2CCOCC2)cc1. The summed E-state index contributed by atoms with van der Waals surface area (Å²) in [5, 5.41) is 0. The highest BCUT2D eigenvalue weighted by molar-refractivity contribution is 6.44. The molecule has 7 nitrogen and oxygen atoms in total. The monoisotopic (exact) mass is 435 g/mol. The standard InChI is InChI=1S/C25H29N3O4/c1-26(2)20-10-8-18(9-11-20)22-21(23(29)19-6-4-3-5-7-19)24(30)25(31)28(22)13-12-27-14-16-32-17-15-27/h3-11,21-22H,12-17H2,1-2H3. The van der Waals surface area contributed by atoms with E-state index in [0.717, 1.165) is 24.3 Å². The maximum Gasteiger partial charge on any atom is 0.291 e. The van der Waals surface area contributed by atoms with E-state index in [1.807, 2.05) is 49.3 Å². The van der Waals surface area contributed by atoms with Crippen LogP contribution in [0.2, 0.25) is 0 Å². The summed E-state index contributed by atoms with van der Waals surface area (Å²) in [4.78, 5) is 45.3. The molecule has 2 aliphatic heterocycles. The predicted molar refractivity (Wildman–Crippen MR) is 122 cm³/mol. The van der Waals surface area contributed by atoms with Gasteiger partial charge < -0.3 is 14.5 Å². The Morgan fingerprint density at radius 3 is 2.25 bits per heavy atom. The summed E-state index contributed by atoms with van der Waals surface area (Å²) >= 11 is 0. The number of nitrogens with zero attached hydrogens (tertiary/aromatic N) is 3. The van der Waals surface area contributed by atoms with Crippen LogP contribution in [0.5, 0.6) is 0 Å². The second-order valence-corrected chi connectivity index (χ2v) is 8.46. The molecule has 2 aliphatic rings. The van der Waals surface area contributed by atoms with Gasteiger partial charge in [-0.2, -0.15) is 0 Å². The van der Waals surface area contributed by atoms with Gasteiger partial charge in [0.2, 0.25) is 5.78 Å². The quantitative estimate of drug-likeness (QED) is 0.377. The van der Waals surface area contributed by atoms with Gasteiger partial charge in [0, 0.05) is 51.5 Å². The number of hydrogen-bond acceptors (Lipinski definition) is 6. The second kappa shape index (κ2) is 9.63. The van der Waals surface area contributed by atoms with E-state index in [-0.39, 0.29) is 5.78 Å². The maximum atomic E-state index is 13.4. The predicted octanol–water partition coefficient (Wildman–Crippen LogP) is 2.04. The summed E-state index contributed by atoms with van der Waals surface area (Å²) in [6.45, 7) is 3.95. The van der Waals surface area contributed by atoms with Gasteiger partial charge in [0.1, 0.15) is 5.92 Å². The minimum atomic E-state index is -1.04. The van der Waals surface area contributed by atoms with Crippen molar-refractivity contribution >= 4 is 23.2 Å². The molecule has 2 fully saturated rings. The number of hydrogen-bond donors (Lipinski definition) is 0. The first kappa shape index (κ1) is 22.2. The molecule has 2 atom stereocenters. The third kappa shape index (κ3) is 4.45. The summed E-state index contributed by atoms with van der Waals surface area (Å²) in [6, 6.07) is 15.9. The van der Waals surface area contributed by atoms with Crippen molar-refractivity contribution < 1.29 is 19.1 Å². The fourth-order valence-electron chi connectivity index (χ4n) is 4.43. The Labute approximate surface area is 188 Å². The zero-order valence-corrected chi connectivity index (χ0v) is 18.6. The van der Waals surface area contributed by atoms with Gasteiger partial charge in [-0.1, -0.05) is 42.5 Å². The van der Waals surface area contributed by atoms with Crippen molar-refractivity contribution in [2.45, 2.75) is 6.04 Å². The molecule has 0 aromatic heterocycles. The number of carbonyl (C=O) groups excluding carboxylic acids is 3. The van der Waals surface area contributed by atoms with E-state index in [0.29, 0.717) is 31.9 Å². The molecule has 0 N–H and O–H groups in total. The van der Waals surface area contributed by atoms with Crippen LogP contribution in [0.3, 0.4) is 0 Å². The van der Waals surface area contributed by atoms with Crippen molar-refractivity contribution in [1.29, 1.82) is 0 Å². The Balaban J connectivity index is 1.66. The van der Waals surface area contributed by atoms with Gasteiger partial charge in [-0.25, -0.2) is 0 Å². The third-order valence-corrected chi connectivity index (χ3v) is 6.26. The number of amides is 1. The molecular formula is C25H29N3O4. The molecule has 2 saturated heterocycles. The molecule has 168 valence electrons. The number of benzene rings is 2. The van der Waals surface area contributed by atoms with Gasteiger partial charge in [-0.15, -0.1) is 0 Å². The summed E-state index contributed by atoms with van der Waals surface area (Å²) in [5.74, 6) is -2.55. The first-order chi connectivity index (χ1) is 15.5. The summed E-state index contributed by atoms with van der Waals surface area (Å²) < 4.78 is 5.40. The molecule has 7 heteroatoms. The minimum absolute atomic E-state index is 0.306. The third-order valence-electron chi connectivity index (χ3n) is 6.26. The summed E-state index contributed by atoms with van der Waals surface area (Å²) in [7, 11) is 3.90. The lowest BCUT2D eigenvalue weighted by molar-refractivity contribution is -0.141. The van der Waals surface area contributed by atoms with Crippen molar-refractivity contribution in [3.8, 4) is 0 Å². The zero-order valence-electron chi connectivity index (χ0n) is 18.6. The second-order valence-electron chi connectivity index (χ2n) is 8.46. The maximum absolute atomic E-state index is 13.4. The molecule has 2 unspecified atom stereocenters. The molecule has 0 radical (unpaired) electrons. The van der Waals surface area contributed by atoms with E-state index in [1.54, 1.807) is 29.2 Å². The van der Waals surface area contributed by atoms with Gasteiger partial charge in [0.25, 0.3) is 5.91 Å². The lowest BCUT2D eigenvalue weighted by Crippen LogP contribution is -2.42. The first-order valence-electron chi connectivity index (χ1n) is 11.0. The first-order valence-corrected chi connectivity index (χ1v) is 11.0. The Kier molecular flexibility index (Phi) is 6.67. The van der Waals surface area contributed by atoms with E-state index in [9.17, 15) is 14.4 Å². The fourth-order valence-corrected chi connectivity index (χ4v) is 4.43. The minimum Gasteiger partial charge on any atom is -0.379 e. The normalized spacial score (nSPS) is 21.8. The van der Waals surface area contributed by atoms with Crippen LogP contribution in [0.1, 0.15) is 22.0 Å². The van der Waals surface area contributed by atoms with Crippen LogP contribution in [-0.4, -0.2) is 80.8 Å². The molecule has 1 amide bonds. The number of rotatable bonds is 7. The molecule has 2 aromatic rings. The Morgan fingerprint density at radius 2 is 1.62 bits per heavy atom. The average molecular weight is 436 g/mol. The Hall–Kier alpha value is -3.03. The van der Waals surface area contributed by atoms with Crippen LogP contribution in [-0.2, 0) is 14.3 Å². The van der Waals surface area contributed by atoms with E-state index in [1.165, 1.54) is 0 Å². The number of ether oxygens (including phenoxy) is 1. The van der Waals surface area contributed by atoms with Gasteiger partial charge in [0.15, 0.2) is 5.78 Å². The molecular weight excluding hydrogens is 406 g/mol. The highest BCUT2D eigenvalue weighted by Crippen LogP contribution is 2.38. The van der Waals surface area contributed by atoms with Gasteiger partial charge >= 0.3 is 0 Å². The lowest BCUT2D eigenvalue weighted by Gasteiger charge is -2.32.